The summed E-state index contributed by atoms with van der Waals surface area (Å²) >= 11 is 0. The van der Waals surface area contributed by atoms with Crippen LogP contribution in [0.1, 0.15) is 25.7 Å². The third kappa shape index (κ3) is 2.65. The van der Waals surface area contributed by atoms with Crippen LogP contribution in [0.5, 0.6) is 5.75 Å². The van der Waals surface area contributed by atoms with Crippen LogP contribution in [0.3, 0.4) is 0 Å². The summed E-state index contributed by atoms with van der Waals surface area (Å²) in [6, 6.07) is 2.38. The second kappa shape index (κ2) is 4.97. The van der Waals surface area contributed by atoms with E-state index >= 15 is 0 Å². The van der Waals surface area contributed by atoms with Crippen molar-refractivity contribution < 1.29 is 22.1 Å². The Kier molecular flexibility index (Phi) is 3.42. The maximum absolute atomic E-state index is 13.5. The van der Waals surface area contributed by atoms with Crippen LogP contribution in [-0.4, -0.2) is 13.6 Å². The van der Waals surface area contributed by atoms with Gasteiger partial charge >= 0.3 is 6.98 Å². The summed E-state index contributed by atoms with van der Waals surface area (Å²) < 4.78 is 56.8. The van der Waals surface area contributed by atoms with Crippen LogP contribution in [0, 0.1) is 23.6 Å². The summed E-state index contributed by atoms with van der Waals surface area (Å²) in [5, 5.41) is 0. The number of fused-ring (bicyclic) bond motifs is 2. The first-order valence-corrected chi connectivity index (χ1v) is 7.05. The monoisotopic (exact) mass is 287 g/mol. The number of benzene rings is 1. The van der Waals surface area contributed by atoms with Crippen LogP contribution in [0.4, 0.5) is 17.3 Å². The van der Waals surface area contributed by atoms with Crippen LogP contribution in [0.2, 0.25) is 0 Å². The quantitative estimate of drug-likeness (QED) is 0.606. The first-order chi connectivity index (χ1) is 9.43. The van der Waals surface area contributed by atoms with Crippen molar-refractivity contribution in [2.24, 2.45) is 17.8 Å². The van der Waals surface area contributed by atoms with E-state index in [1.807, 2.05) is 0 Å². The van der Waals surface area contributed by atoms with E-state index in [1.54, 1.807) is 0 Å². The maximum Gasteiger partial charge on any atom is 0.509 e. The Bertz CT molecular complexity index is 502. The van der Waals surface area contributed by atoms with Gasteiger partial charge in [-0.15, -0.1) is 5.46 Å². The van der Waals surface area contributed by atoms with Crippen LogP contribution in [-0.2, 0) is 0 Å². The molecule has 3 unspecified atom stereocenters. The average Bonchev–Trinajstić information content (AvgIpc) is 2.98. The van der Waals surface area contributed by atoms with E-state index < -0.39 is 18.3 Å². The van der Waals surface area contributed by atoms with E-state index in [0.717, 1.165) is 30.5 Å². The fourth-order valence-corrected chi connectivity index (χ4v) is 3.61. The van der Waals surface area contributed by atoms with Crippen molar-refractivity contribution in [1.82, 2.24) is 0 Å². The smallest absolute Gasteiger partial charge is 0.490 e. The fourth-order valence-electron chi connectivity index (χ4n) is 3.61. The zero-order chi connectivity index (χ0) is 14.3. The van der Waals surface area contributed by atoms with E-state index in [-0.39, 0.29) is 5.75 Å². The molecule has 2 aliphatic rings. The van der Waals surface area contributed by atoms with E-state index in [4.69, 9.17) is 4.74 Å². The van der Waals surface area contributed by atoms with Gasteiger partial charge in [0.05, 0.1) is 6.61 Å². The van der Waals surface area contributed by atoms with Crippen molar-refractivity contribution in [3.05, 3.63) is 24.0 Å². The summed E-state index contributed by atoms with van der Waals surface area (Å²) in [4.78, 5) is 0. The molecule has 3 rings (SSSR count). The zero-order valence-electron chi connectivity index (χ0n) is 11.0. The molecule has 0 aliphatic heterocycles. The molecule has 110 valence electrons. The molecule has 1 aromatic carbocycles. The molecule has 1 nitrogen and oxygen atoms in total. The van der Waals surface area contributed by atoms with Gasteiger partial charge in [0.2, 0.25) is 0 Å². The van der Waals surface area contributed by atoms with Gasteiger partial charge in [-0.3, -0.25) is 0 Å². The van der Waals surface area contributed by atoms with Crippen molar-refractivity contribution in [3.8, 4) is 5.75 Å². The normalized spacial score (nSPS) is 28.9. The Morgan fingerprint density at radius 2 is 1.95 bits per heavy atom. The Balaban J connectivity index is 1.68. The minimum absolute atomic E-state index is 0.274. The van der Waals surface area contributed by atoms with Crippen molar-refractivity contribution in [2.45, 2.75) is 25.7 Å². The van der Waals surface area contributed by atoms with E-state index in [1.165, 1.54) is 19.3 Å². The number of ether oxygens (including phenoxy) is 1. The molecule has 6 heteroatoms. The van der Waals surface area contributed by atoms with E-state index in [9.17, 15) is 17.3 Å². The average molecular weight is 287 g/mol. The standard InChI is InChI=1S/C14H16BF4O/c16-13-4-3-12(15(17,18)19)7-14(13)20-8-11-6-9-1-2-10(11)5-9/h3-4,7,9-11H,1-2,5-6,8H2/q-1. The highest BCUT2D eigenvalue weighted by molar-refractivity contribution is 6.73. The molecule has 2 saturated carbocycles. The van der Waals surface area contributed by atoms with Gasteiger partial charge < -0.3 is 17.7 Å². The number of hydrogen-bond acceptors (Lipinski definition) is 1. The van der Waals surface area contributed by atoms with Gasteiger partial charge in [-0.2, -0.15) is 0 Å². The maximum atomic E-state index is 13.5. The predicted molar refractivity (Wildman–Crippen MR) is 69.5 cm³/mol. The van der Waals surface area contributed by atoms with Gasteiger partial charge in [0.1, 0.15) is 0 Å². The highest BCUT2D eigenvalue weighted by Crippen LogP contribution is 2.48. The van der Waals surface area contributed by atoms with Gasteiger partial charge in [-0.05, 0) is 49.1 Å². The summed E-state index contributed by atoms with van der Waals surface area (Å²) in [5.74, 6) is 0.719. The van der Waals surface area contributed by atoms with Crippen molar-refractivity contribution in [2.75, 3.05) is 6.61 Å². The number of rotatable bonds is 4. The second-order valence-electron chi connectivity index (χ2n) is 6.01. The van der Waals surface area contributed by atoms with Crippen LogP contribution in [0.15, 0.2) is 18.2 Å². The number of hydrogen-bond donors (Lipinski definition) is 0. The molecule has 0 amide bonds. The molecule has 0 heterocycles. The van der Waals surface area contributed by atoms with Gasteiger partial charge in [0.25, 0.3) is 0 Å². The Labute approximate surface area is 115 Å². The van der Waals surface area contributed by atoms with Crippen LogP contribution < -0.4 is 10.2 Å². The molecule has 0 saturated heterocycles. The molecule has 2 bridgehead atoms. The lowest BCUT2D eigenvalue weighted by Gasteiger charge is -2.22. The third-order valence-electron chi connectivity index (χ3n) is 4.67. The van der Waals surface area contributed by atoms with Gasteiger partial charge in [-0.25, -0.2) is 4.39 Å². The lowest BCUT2D eigenvalue weighted by atomic mass is 9.80. The summed E-state index contributed by atoms with van der Waals surface area (Å²) in [6.45, 7) is -4.79. The first-order valence-electron chi connectivity index (χ1n) is 7.05. The molecular weight excluding hydrogens is 271 g/mol. The largest absolute Gasteiger partial charge is 0.509 e. The molecule has 0 N–H and O–H groups in total. The molecule has 2 fully saturated rings. The van der Waals surface area contributed by atoms with Gasteiger partial charge in [-0.1, -0.05) is 12.5 Å². The lowest BCUT2D eigenvalue weighted by Crippen LogP contribution is -2.34. The first kappa shape index (κ1) is 13.8. The minimum atomic E-state index is -5.12. The highest BCUT2D eigenvalue weighted by Gasteiger charge is 2.39. The van der Waals surface area contributed by atoms with E-state index in [0.29, 0.717) is 18.4 Å². The molecule has 2 aliphatic carbocycles. The Morgan fingerprint density at radius 1 is 1.15 bits per heavy atom. The Morgan fingerprint density at radius 3 is 2.55 bits per heavy atom. The van der Waals surface area contributed by atoms with Gasteiger partial charge in [0.15, 0.2) is 11.6 Å². The molecular formula is C14H16BF4O-. The van der Waals surface area contributed by atoms with Crippen molar-refractivity contribution >= 4 is 12.4 Å². The molecule has 20 heavy (non-hydrogen) atoms. The second-order valence-corrected chi connectivity index (χ2v) is 6.01. The third-order valence-corrected chi connectivity index (χ3v) is 4.67. The molecule has 0 radical (unpaired) electrons. The number of halogens is 4. The molecule has 0 spiro atoms. The van der Waals surface area contributed by atoms with Crippen molar-refractivity contribution in [1.29, 1.82) is 0 Å². The minimum Gasteiger partial charge on any atom is -0.490 e. The summed E-state index contributed by atoms with van der Waals surface area (Å²) in [5.41, 5.74) is -0.811. The van der Waals surface area contributed by atoms with Gasteiger partial charge in [0, 0.05) is 0 Å². The zero-order valence-corrected chi connectivity index (χ0v) is 11.0. The summed E-state index contributed by atoms with van der Waals surface area (Å²) in [7, 11) is 0. The lowest BCUT2D eigenvalue weighted by molar-refractivity contribution is 0.189. The highest BCUT2D eigenvalue weighted by atomic mass is 19.4. The predicted octanol–water partition coefficient (Wildman–Crippen LogP) is 3.70. The fraction of sp³-hybridized carbons (Fsp3) is 0.571. The summed E-state index contributed by atoms with van der Waals surface area (Å²) in [6.07, 6.45) is 4.69. The molecule has 0 aromatic heterocycles. The van der Waals surface area contributed by atoms with E-state index in [2.05, 4.69) is 0 Å². The topological polar surface area (TPSA) is 9.23 Å². The van der Waals surface area contributed by atoms with Crippen LogP contribution in [0.25, 0.3) is 0 Å². The Hall–Kier alpha value is -1.20. The SMILES string of the molecule is Fc1ccc([B-](F)(F)F)cc1OCC1CC2CCC1C2. The molecule has 3 atom stereocenters. The van der Waals surface area contributed by atoms with Crippen molar-refractivity contribution in [3.63, 3.8) is 0 Å². The molecule has 1 aromatic rings. The van der Waals surface area contributed by atoms with Crippen LogP contribution >= 0.6 is 0 Å².